The molecule has 1 saturated carbocycles. The van der Waals surface area contributed by atoms with Crippen LogP contribution in [0.4, 0.5) is 0 Å². The average Bonchev–Trinajstić information content (AvgIpc) is 2.83. The molecule has 3 unspecified atom stereocenters. The molecule has 1 aromatic carbocycles. The molecule has 2 aliphatic rings. The number of nitrogens with zero attached hydrogens (tertiary/aromatic N) is 1. The lowest BCUT2D eigenvalue weighted by molar-refractivity contribution is 0.255. The Hall–Kier alpha value is -0.860. The molecule has 1 N–H and O–H groups in total. The first kappa shape index (κ1) is 10.3. The number of hydrogen-bond donors (Lipinski definition) is 1. The van der Waals surface area contributed by atoms with E-state index in [1.807, 2.05) is 0 Å². The number of benzene rings is 1. The minimum atomic E-state index is 0.727. The van der Waals surface area contributed by atoms with E-state index >= 15 is 0 Å². The largest absolute Gasteiger partial charge is 0.308 e. The summed E-state index contributed by atoms with van der Waals surface area (Å²) in [6.07, 6.45) is 2.80. The molecule has 1 saturated heterocycles. The van der Waals surface area contributed by atoms with Crippen LogP contribution < -0.4 is 5.32 Å². The highest BCUT2D eigenvalue weighted by molar-refractivity contribution is 5.15. The average molecular weight is 216 g/mol. The van der Waals surface area contributed by atoms with Gasteiger partial charge in [0.05, 0.1) is 0 Å². The Labute approximate surface area is 97.6 Å². The van der Waals surface area contributed by atoms with Crippen molar-refractivity contribution >= 4 is 0 Å². The monoisotopic (exact) mass is 216 g/mol. The van der Waals surface area contributed by atoms with Crippen LogP contribution in [0.25, 0.3) is 0 Å². The normalized spacial score (nSPS) is 33.4. The third-order valence-corrected chi connectivity index (χ3v) is 4.23. The van der Waals surface area contributed by atoms with Gasteiger partial charge in [-0.2, -0.15) is 0 Å². The Morgan fingerprint density at radius 3 is 2.69 bits per heavy atom. The lowest BCUT2D eigenvalue weighted by atomic mass is 10.1. The van der Waals surface area contributed by atoms with E-state index in [9.17, 15) is 0 Å². The van der Waals surface area contributed by atoms with Crippen molar-refractivity contribution in [3.63, 3.8) is 0 Å². The second-order valence-corrected chi connectivity index (χ2v) is 5.24. The zero-order valence-corrected chi connectivity index (χ0v) is 9.89. The molecule has 2 bridgehead atoms. The Kier molecular flexibility index (Phi) is 2.70. The number of likely N-dealkylation sites (N-methyl/N-ethyl adjacent to an activating group) is 1. The second-order valence-electron chi connectivity index (χ2n) is 5.24. The van der Waals surface area contributed by atoms with Gasteiger partial charge in [0.15, 0.2) is 0 Å². The highest BCUT2D eigenvalue weighted by atomic mass is 15.2. The van der Waals surface area contributed by atoms with Crippen molar-refractivity contribution in [3.05, 3.63) is 35.9 Å². The smallest absolute Gasteiger partial charge is 0.0266 e. The lowest BCUT2D eigenvalue weighted by Gasteiger charge is -2.22. The summed E-state index contributed by atoms with van der Waals surface area (Å²) in [4.78, 5) is 2.52. The summed E-state index contributed by atoms with van der Waals surface area (Å²) in [7, 11) is 2.26. The van der Waals surface area contributed by atoms with Crippen molar-refractivity contribution < 1.29 is 0 Å². The van der Waals surface area contributed by atoms with Crippen molar-refractivity contribution in [1.29, 1.82) is 0 Å². The molecule has 3 atom stereocenters. The molecule has 3 rings (SSSR count). The third kappa shape index (κ3) is 1.76. The zero-order chi connectivity index (χ0) is 11.0. The van der Waals surface area contributed by atoms with Gasteiger partial charge < -0.3 is 10.2 Å². The highest BCUT2D eigenvalue weighted by Crippen LogP contribution is 2.36. The van der Waals surface area contributed by atoms with Crippen LogP contribution in [0.1, 0.15) is 18.4 Å². The number of fused-ring (bicyclic) bond motifs is 2. The first-order chi connectivity index (χ1) is 7.84. The summed E-state index contributed by atoms with van der Waals surface area (Å²) in [5, 5.41) is 3.75. The topological polar surface area (TPSA) is 15.3 Å². The standard InChI is InChI=1S/C14H20N2/c1-16-10-12-7-8-13(16)14(12)15-9-11-5-3-2-4-6-11/h2-6,12-15H,7-10H2,1H3. The Bertz CT molecular complexity index is 349. The summed E-state index contributed by atoms with van der Waals surface area (Å²) in [5.74, 6) is 0.888. The molecule has 2 nitrogen and oxygen atoms in total. The highest BCUT2D eigenvalue weighted by Gasteiger charge is 2.44. The van der Waals surface area contributed by atoms with Crippen LogP contribution in [-0.4, -0.2) is 30.6 Å². The molecule has 0 radical (unpaired) electrons. The molecule has 1 aliphatic heterocycles. The molecule has 16 heavy (non-hydrogen) atoms. The van der Waals surface area contributed by atoms with Crippen LogP contribution >= 0.6 is 0 Å². The molecule has 0 spiro atoms. The maximum atomic E-state index is 3.75. The predicted octanol–water partition coefficient (Wildman–Crippen LogP) is 1.87. The summed E-state index contributed by atoms with van der Waals surface area (Å²) in [6.45, 7) is 2.31. The van der Waals surface area contributed by atoms with Crippen molar-refractivity contribution in [2.45, 2.75) is 31.5 Å². The second kappa shape index (κ2) is 4.19. The Morgan fingerprint density at radius 2 is 2.06 bits per heavy atom. The van der Waals surface area contributed by atoms with E-state index in [4.69, 9.17) is 0 Å². The maximum Gasteiger partial charge on any atom is 0.0266 e. The third-order valence-electron chi connectivity index (χ3n) is 4.23. The molecular formula is C14H20N2. The van der Waals surface area contributed by atoms with Crippen LogP contribution in [0.15, 0.2) is 30.3 Å². The summed E-state index contributed by atoms with van der Waals surface area (Å²) in [5.41, 5.74) is 1.40. The molecular weight excluding hydrogens is 196 g/mol. The molecule has 2 fully saturated rings. The SMILES string of the molecule is CN1CC2CCC1C2NCc1ccccc1. The number of nitrogens with one attached hydrogen (secondary N) is 1. The Morgan fingerprint density at radius 1 is 1.25 bits per heavy atom. The molecule has 0 amide bonds. The van der Waals surface area contributed by atoms with Gasteiger partial charge in [-0.05, 0) is 31.4 Å². The fourth-order valence-corrected chi connectivity index (χ4v) is 3.40. The lowest BCUT2D eigenvalue weighted by Crippen LogP contribution is -2.39. The fourth-order valence-electron chi connectivity index (χ4n) is 3.40. The number of hydrogen-bond acceptors (Lipinski definition) is 2. The van der Waals surface area contributed by atoms with Crippen LogP contribution in [0, 0.1) is 5.92 Å². The van der Waals surface area contributed by atoms with E-state index < -0.39 is 0 Å². The molecule has 1 heterocycles. The van der Waals surface area contributed by atoms with Gasteiger partial charge in [0.1, 0.15) is 0 Å². The number of piperidine rings is 1. The van der Waals surface area contributed by atoms with Gasteiger partial charge in [0.25, 0.3) is 0 Å². The van der Waals surface area contributed by atoms with Gasteiger partial charge in [-0.1, -0.05) is 30.3 Å². The number of likely N-dealkylation sites (tertiary alicyclic amines) is 1. The fraction of sp³-hybridized carbons (Fsp3) is 0.571. The van der Waals surface area contributed by atoms with E-state index in [0.717, 1.165) is 24.5 Å². The van der Waals surface area contributed by atoms with E-state index in [0.29, 0.717) is 0 Å². The minimum Gasteiger partial charge on any atom is -0.308 e. The van der Waals surface area contributed by atoms with Gasteiger partial charge >= 0.3 is 0 Å². The predicted molar refractivity (Wildman–Crippen MR) is 66.2 cm³/mol. The van der Waals surface area contributed by atoms with E-state index in [-0.39, 0.29) is 0 Å². The van der Waals surface area contributed by atoms with E-state index in [1.54, 1.807) is 0 Å². The van der Waals surface area contributed by atoms with E-state index in [1.165, 1.54) is 24.9 Å². The van der Waals surface area contributed by atoms with E-state index in [2.05, 4.69) is 47.6 Å². The first-order valence-electron chi connectivity index (χ1n) is 6.32. The summed E-state index contributed by atoms with van der Waals surface area (Å²) < 4.78 is 0. The van der Waals surface area contributed by atoms with Gasteiger partial charge in [0, 0.05) is 25.2 Å². The minimum absolute atomic E-state index is 0.727. The van der Waals surface area contributed by atoms with Gasteiger partial charge in [-0.15, -0.1) is 0 Å². The van der Waals surface area contributed by atoms with Crippen molar-refractivity contribution in [2.24, 2.45) is 5.92 Å². The van der Waals surface area contributed by atoms with Gasteiger partial charge in [0.2, 0.25) is 0 Å². The molecule has 1 aliphatic carbocycles. The quantitative estimate of drug-likeness (QED) is 0.830. The molecule has 1 aromatic rings. The van der Waals surface area contributed by atoms with Crippen molar-refractivity contribution in [2.75, 3.05) is 13.6 Å². The Balaban J connectivity index is 1.60. The number of rotatable bonds is 3. The maximum absolute atomic E-state index is 3.75. The van der Waals surface area contributed by atoms with Crippen LogP contribution in [0.5, 0.6) is 0 Å². The van der Waals surface area contributed by atoms with Crippen LogP contribution in [0.2, 0.25) is 0 Å². The summed E-state index contributed by atoms with van der Waals surface area (Å²) in [6, 6.07) is 12.2. The zero-order valence-electron chi connectivity index (χ0n) is 9.89. The van der Waals surface area contributed by atoms with Crippen LogP contribution in [-0.2, 0) is 6.54 Å². The van der Waals surface area contributed by atoms with Crippen molar-refractivity contribution in [3.8, 4) is 0 Å². The van der Waals surface area contributed by atoms with Crippen LogP contribution in [0.3, 0.4) is 0 Å². The summed E-state index contributed by atoms with van der Waals surface area (Å²) >= 11 is 0. The first-order valence-corrected chi connectivity index (χ1v) is 6.32. The molecule has 0 aromatic heterocycles. The molecule has 2 heteroatoms. The van der Waals surface area contributed by atoms with Gasteiger partial charge in [-0.25, -0.2) is 0 Å². The van der Waals surface area contributed by atoms with Crippen molar-refractivity contribution in [1.82, 2.24) is 10.2 Å². The molecule has 86 valence electrons. The van der Waals surface area contributed by atoms with Gasteiger partial charge in [-0.3, -0.25) is 0 Å².